The third-order valence-corrected chi connectivity index (χ3v) is 9.74. The molecular weight excluding hydrogens is 576 g/mol. The molecule has 2 saturated heterocycles. The van der Waals surface area contributed by atoms with Crippen molar-refractivity contribution < 1.29 is 22.5 Å². The Morgan fingerprint density at radius 2 is 1.84 bits per heavy atom. The second-order valence-corrected chi connectivity index (χ2v) is 12.8. The number of anilines is 3. The van der Waals surface area contributed by atoms with Crippen molar-refractivity contribution in [2.75, 3.05) is 68.5 Å². The number of nitrogens with one attached hydrogen (secondary N) is 3. The van der Waals surface area contributed by atoms with Gasteiger partial charge in [0.25, 0.3) is 5.91 Å². The lowest BCUT2D eigenvalue weighted by Gasteiger charge is -2.28. The molecule has 0 aliphatic carbocycles. The summed E-state index contributed by atoms with van der Waals surface area (Å²) < 4.78 is 47.9. The molecule has 3 N–H and O–H groups in total. The number of aromatic nitrogens is 2. The molecule has 3 aliphatic heterocycles. The summed E-state index contributed by atoms with van der Waals surface area (Å²) in [7, 11) is 0.355. The molecule has 1 atom stereocenters. The van der Waals surface area contributed by atoms with Gasteiger partial charge in [-0.15, -0.1) is 0 Å². The number of H-pyrrole nitrogens is 1. The summed E-state index contributed by atoms with van der Waals surface area (Å²) in [5, 5.41) is 13.9. The van der Waals surface area contributed by atoms with E-state index in [4.69, 9.17) is 4.74 Å². The average Bonchev–Trinajstić information content (AvgIpc) is 3.26. The normalized spacial score (nSPS) is 19.5. The quantitative estimate of drug-likeness (QED) is 0.373. The fourth-order valence-electron chi connectivity index (χ4n) is 5.88. The van der Waals surface area contributed by atoms with E-state index in [1.165, 1.54) is 0 Å². The van der Waals surface area contributed by atoms with Crippen LogP contribution < -0.4 is 15.5 Å². The van der Waals surface area contributed by atoms with Crippen LogP contribution in [0.5, 0.6) is 0 Å². The van der Waals surface area contributed by atoms with Gasteiger partial charge < -0.3 is 25.2 Å². The molecule has 6 rings (SSSR count). The highest BCUT2D eigenvalue weighted by Gasteiger charge is 2.28. The number of benzene rings is 2. The number of carbonyl (C=O) groups excluding carboxylic acids is 1. The first-order chi connectivity index (χ1) is 20.8. The number of nitrogens with zero attached hydrogens (tertiary/aromatic N) is 4. The van der Waals surface area contributed by atoms with Crippen LogP contribution in [-0.2, 0) is 28.7 Å². The van der Waals surface area contributed by atoms with Gasteiger partial charge in [0.2, 0.25) is 0 Å². The van der Waals surface area contributed by atoms with Gasteiger partial charge in [0, 0.05) is 87.1 Å². The van der Waals surface area contributed by atoms with Crippen LogP contribution in [0.2, 0.25) is 0 Å². The van der Waals surface area contributed by atoms with Gasteiger partial charge in [-0.25, -0.2) is 17.3 Å². The zero-order valence-electron chi connectivity index (χ0n) is 24.2. The number of aromatic amines is 1. The zero-order valence-corrected chi connectivity index (χ0v) is 25.0. The minimum absolute atomic E-state index is 0.0509. The number of amides is 1. The first-order valence-electron chi connectivity index (χ1n) is 14.8. The van der Waals surface area contributed by atoms with E-state index >= 15 is 0 Å². The number of likely N-dealkylation sites (N-methyl/N-ethyl adjacent to an activating group) is 1. The van der Waals surface area contributed by atoms with E-state index in [9.17, 15) is 17.8 Å². The largest absolute Gasteiger partial charge is 0.381 e. The summed E-state index contributed by atoms with van der Waals surface area (Å²) >= 11 is 0. The maximum absolute atomic E-state index is 13.8. The van der Waals surface area contributed by atoms with Gasteiger partial charge in [0.1, 0.15) is 22.6 Å². The lowest BCUT2D eigenvalue weighted by molar-refractivity contribution is 0.0904. The predicted octanol–water partition coefficient (Wildman–Crippen LogP) is 3.75. The van der Waals surface area contributed by atoms with Crippen molar-refractivity contribution in [3.05, 3.63) is 64.9 Å². The van der Waals surface area contributed by atoms with Gasteiger partial charge in [-0.05, 0) is 63.2 Å². The summed E-state index contributed by atoms with van der Waals surface area (Å²) in [4.78, 5) is 18.5. The fourth-order valence-corrected chi connectivity index (χ4v) is 7.11. The van der Waals surface area contributed by atoms with Crippen LogP contribution >= 0.6 is 0 Å². The number of ether oxygens (including phenoxy) is 1. The summed E-state index contributed by atoms with van der Waals surface area (Å²) in [5.41, 5.74) is 3.88. The van der Waals surface area contributed by atoms with E-state index < -0.39 is 22.6 Å². The van der Waals surface area contributed by atoms with E-state index in [-0.39, 0.29) is 23.4 Å². The molecule has 230 valence electrons. The number of hydrogen-bond donors (Lipinski definition) is 3. The van der Waals surface area contributed by atoms with Crippen LogP contribution in [0.3, 0.4) is 0 Å². The Hall–Kier alpha value is -3.39. The molecule has 1 amide bonds. The number of halogens is 2. The standard InChI is InChI=1S/C30H37F2N7O3S/c1-37-8-2-9-38(12-11-37)23-3-4-25(28(18-23)33-22-6-13-42-14-7-22)30(40)34-29-26-19-39(10-5-27(26)35-36-29)43(41)24-16-20(31)15-21(32)17-24/h3-4,15-18,22,33H,2,5-14,19H2,1H3,(H2,34,35,36,40). The summed E-state index contributed by atoms with van der Waals surface area (Å²) in [6.07, 6.45) is 3.28. The van der Waals surface area contributed by atoms with Crippen molar-refractivity contribution >= 4 is 34.1 Å². The molecule has 0 bridgehead atoms. The van der Waals surface area contributed by atoms with Crippen LogP contribution in [0.1, 0.15) is 40.9 Å². The van der Waals surface area contributed by atoms with E-state index in [2.05, 4.69) is 43.7 Å². The van der Waals surface area contributed by atoms with E-state index in [1.807, 2.05) is 12.1 Å². The first-order valence-corrected chi connectivity index (χ1v) is 15.9. The molecule has 4 heterocycles. The van der Waals surface area contributed by atoms with Crippen molar-refractivity contribution in [2.24, 2.45) is 0 Å². The number of rotatable bonds is 7. The van der Waals surface area contributed by atoms with Crippen molar-refractivity contribution in [1.29, 1.82) is 0 Å². The Labute approximate surface area is 252 Å². The fraction of sp³-hybridized carbons (Fsp3) is 0.467. The molecule has 1 unspecified atom stereocenters. The zero-order chi connectivity index (χ0) is 29.9. The van der Waals surface area contributed by atoms with Gasteiger partial charge >= 0.3 is 0 Å². The van der Waals surface area contributed by atoms with Crippen molar-refractivity contribution in [1.82, 2.24) is 19.4 Å². The first kappa shape index (κ1) is 29.7. The molecule has 10 nitrogen and oxygen atoms in total. The van der Waals surface area contributed by atoms with Gasteiger partial charge in [-0.1, -0.05) is 0 Å². The van der Waals surface area contributed by atoms with E-state index in [1.54, 1.807) is 4.31 Å². The summed E-state index contributed by atoms with van der Waals surface area (Å²) in [6, 6.07) is 9.03. The van der Waals surface area contributed by atoms with Crippen molar-refractivity contribution in [2.45, 2.75) is 43.2 Å². The molecule has 13 heteroatoms. The van der Waals surface area contributed by atoms with Gasteiger partial charge in [-0.2, -0.15) is 5.10 Å². The molecule has 0 spiro atoms. The SMILES string of the molecule is CN1CCCN(c2ccc(C(=O)Nc3n[nH]c4c3CN(S(=O)c3cc(F)cc(F)c3)CC4)c(NC3CCOCC3)c2)CC1. The van der Waals surface area contributed by atoms with E-state index in [0.29, 0.717) is 43.1 Å². The predicted molar refractivity (Wildman–Crippen MR) is 162 cm³/mol. The molecule has 2 fully saturated rings. The molecule has 0 radical (unpaired) electrons. The minimum atomic E-state index is -1.78. The summed E-state index contributed by atoms with van der Waals surface area (Å²) in [6.45, 7) is 5.85. The average molecular weight is 614 g/mol. The molecule has 43 heavy (non-hydrogen) atoms. The molecule has 1 aromatic heterocycles. The Morgan fingerprint density at radius 1 is 1.05 bits per heavy atom. The molecule has 2 aromatic carbocycles. The third kappa shape index (κ3) is 6.90. The lowest BCUT2D eigenvalue weighted by Crippen LogP contribution is -2.32. The Bertz CT molecular complexity index is 1480. The Kier molecular flexibility index (Phi) is 9.03. The third-order valence-electron chi connectivity index (χ3n) is 8.32. The molecule has 3 aliphatic rings. The lowest BCUT2D eigenvalue weighted by atomic mass is 10.1. The van der Waals surface area contributed by atoms with Crippen LogP contribution in [0.4, 0.5) is 26.0 Å². The number of fused-ring (bicyclic) bond motifs is 1. The minimum Gasteiger partial charge on any atom is -0.381 e. The smallest absolute Gasteiger partial charge is 0.258 e. The Morgan fingerprint density at radius 3 is 2.63 bits per heavy atom. The van der Waals surface area contributed by atoms with Gasteiger partial charge in [-0.3, -0.25) is 9.89 Å². The number of carbonyl (C=O) groups is 1. The highest BCUT2D eigenvalue weighted by Crippen LogP contribution is 2.30. The van der Waals surface area contributed by atoms with Crippen LogP contribution in [0.25, 0.3) is 0 Å². The van der Waals surface area contributed by atoms with Gasteiger partial charge in [0.15, 0.2) is 5.82 Å². The topological polar surface area (TPSA) is 106 Å². The monoisotopic (exact) mass is 613 g/mol. The molecule has 0 saturated carbocycles. The highest BCUT2D eigenvalue weighted by molar-refractivity contribution is 7.82. The molecular formula is C30H37F2N7O3S. The van der Waals surface area contributed by atoms with Crippen molar-refractivity contribution in [3.63, 3.8) is 0 Å². The maximum Gasteiger partial charge on any atom is 0.258 e. The van der Waals surface area contributed by atoms with Crippen molar-refractivity contribution in [3.8, 4) is 0 Å². The Balaban J connectivity index is 1.22. The van der Waals surface area contributed by atoms with Crippen LogP contribution in [0, 0.1) is 11.6 Å². The van der Waals surface area contributed by atoms with Gasteiger partial charge in [0.05, 0.1) is 10.5 Å². The van der Waals surface area contributed by atoms with E-state index in [0.717, 1.165) is 80.7 Å². The summed E-state index contributed by atoms with van der Waals surface area (Å²) in [5.74, 6) is -1.52. The maximum atomic E-state index is 13.8. The number of hydrogen-bond acceptors (Lipinski definition) is 7. The second-order valence-electron chi connectivity index (χ2n) is 11.4. The van der Waals surface area contributed by atoms with Crippen LogP contribution in [0.15, 0.2) is 41.3 Å². The molecule has 3 aromatic rings. The van der Waals surface area contributed by atoms with Crippen LogP contribution in [-0.4, -0.2) is 88.5 Å². The highest BCUT2D eigenvalue weighted by atomic mass is 32.2. The second kappa shape index (κ2) is 13.1.